The Morgan fingerprint density at radius 3 is 2.50 bits per heavy atom. The number of carbonyl (C=O) groups excluding carboxylic acids is 1. The Morgan fingerprint density at radius 2 is 1.83 bits per heavy atom. The van der Waals surface area contributed by atoms with Gasteiger partial charge in [0.15, 0.2) is 0 Å². The van der Waals surface area contributed by atoms with Crippen LogP contribution in [0.4, 0.5) is 11.4 Å². The van der Waals surface area contributed by atoms with Gasteiger partial charge in [-0.15, -0.1) is 0 Å². The second-order valence-corrected chi connectivity index (χ2v) is 5.22. The van der Waals surface area contributed by atoms with E-state index in [0.29, 0.717) is 11.3 Å². The Bertz CT molecular complexity index is 885. The van der Waals surface area contributed by atoms with E-state index in [1.54, 1.807) is 24.3 Å². The van der Waals surface area contributed by atoms with Gasteiger partial charge < -0.3 is 10.6 Å². The first-order valence-corrected chi connectivity index (χ1v) is 7.29. The lowest BCUT2D eigenvalue weighted by Crippen LogP contribution is -2.15. The van der Waals surface area contributed by atoms with Gasteiger partial charge in [0.05, 0.1) is 11.3 Å². The van der Waals surface area contributed by atoms with Crippen LogP contribution >= 0.6 is 0 Å². The van der Waals surface area contributed by atoms with Crippen molar-refractivity contribution in [3.8, 4) is 12.1 Å². The fourth-order valence-electron chi connectivity index (χ4n) is 2.01. The fourth-order valence-corrected chi connectivity index (χ4v) is 2.01. The lowest BCUT2D eigenvalue weighted by Gasteiger charge is -2.07. The Labute approximate surface area is 140 Å². The highest BCUT2D eigenvalue weighted by atomic mass is 16.1. The van der Waals surface area contributed by atoms with Gasteiger partial charge in [0.1, 0.15) is 17.7 Å². The van der Waals surface area contributed by atoms with Crippen LogP contribution in [-0.2, 0) is 4.79 Å². The molecule has 5 heteroatoms. The summed E-state index contributed by atoms with van der Waals surface area (Å²) >= 11 is 0. The zero-order valence-corrected chi connectivity index (χ0v) is 13.4. The number of hydrogen-bond donors (Lipinski definition) is 2. The first-order chi connectivity index (χ1) is 11.5. The molecule has 0 aliphatic heterocycles. The van der Waals surface area contributed by atoms with Crippen LogP contribution in [0.2, 0.25) is 0 Å². The van der Waals surface area contributed by atoms with Crippen molar-refractivity contribution in [2.45, 2.75) is 13.8 Å². The smallest absolute Gasteiger partial charge is 0.267 e. The van der Waals surface area contributed by atoms with Crippen LogP contribution in [-0.4, -0.2) is 5.91 Å². The maximum atomic E-state index is 12.2. The van der Waals surface area contributed by atoms with E-state index in [0.717, 1.165) is 16.8 Å². The first-order valence-electron chi connectivity index (χ1n) is 7.29. The third-order valence-corrected chi connectivity index (χ3v) is 3.55. The molecule has 0 heterocycles. The van der Waals surface area contributed by atoms with Crippen molar-refractivity contribution in [1.29, 1.82) is 10.5 Å². The molecule has 0 aliphatic rings. The number of aryl methyl sites for hydroxylation is 2. The summed E-state index contributed by atoms with van der Waals surface area (Å²) in [5, 5.41) is 23.8. The maximum Gasteiger partial charge on any atom is 0.267 e. The van der Waals surface area contributed by atoms with Crippen LogP contribution in [0, 0.1) is 36.5 Å². The fraction of sp³-hybridized carbons (Fsp3) is 0.105. The molecule has 0 radical (unpaired) electrons. The van der Waals surface area contributed by atoms with Crippen molar-refractivity contribution in [3.05, 3.63) is 70.9 Å². The van der Waals surface area contributed by atoms with E-state index in [2.05, 4.69) is 10.6 Å². The zero-order valence-electron chi connectivity index (χ0n) is 13.4. The largest absolute Gasteiger partial charge is 0.360 e. The summed E-state index contributed by atoms with van der Waals surface area (Å²) in [4.78, 5) is 12.2. The minimum Gasteiger partial charge on any atom is -0.360 e. The second kappa shape index (κ2) is 7.62. The summed E-state index contributed by atoms with van der Waals surface area (Å²) in [5.41, 5.74) is 3.69. The number of carbonyl (C=O) groups is 1. The molecule has 24 heavy (non-hydrogen) atoms. The standard InChI is InChI=1S/C19H16N4O/c1-13-7-8-17(9-14(13)2)22-12-16(11-21)19(24)23-18-6-4-3-5-15(18)10-20/h3-9,12,22H,1-2H3,(H,23,24)/b16-12-. The lowest BCUT2D eigenvalue weighted by atomic mass is 10.1. The number of nitriles is 2. The second-order valence-electron chi connectivity index (χ2n) is 5.22. The number of amides is 1. The average molecular weight is 316 g/mol. The number of nitrogens with zero attached hydrogens (tertiary/aromatic N) is 2. The highest BCUT2D eigenvalue weighted by Gasteiger charge is 2.11. The summed E-state index contributed by atoms with van der Waals surface area (Å²) in [5.74, 6) is -0.573. The molecule has 0 aromatic heterocycles. The summed E-state index contributed by atoms with van der Waals surface area (Å²) in [6.45, 7) is 4.00. The third kappa shape index (κ3) is 4.00. The van der Waals surface area contributed by atoms with Gasteiger partial charge in [-0.1, -0.05) is 18.2 Å². The number of anilines is 2. The van der Waals surface area contributed by atoms with E-state index in [4.69, 9.17) is 5.26 Å². The Hall–Kier alpha value is -3.57. The number of para-hydroxylation sites is 1. The molecule has 0 fully saturated rings. The molecule has 2 rings (SSSR count). The first kappa shape index (κ1) is 16.8. The molecule has 2 N–H and O–H groups in total. The minimum atomic E-state index is -0.573. The molecule has 2 aromatic carbocycles. The molecule has 5 nitrogen and oxygen atoms in total. The Kier molecular flexibility index (Phi) is 5.33. The molecule has 2 aromatic rings. The number of rotatable bonds is 4. The van der Waals surface area contributed by atoms with E-state index in [1.807, 2.05) is 44.2 Å². The molecule has 118 valence electrons. The molecular weight excluding hydrogens is 300 g/mol. The molecule has 0 spiro atoms. The van der Waals surface area contributed by atoms with Gasteiger partial charge in [-0.2, -0.15) is 10.5 Å². The van der Waals surface area contributed by atoms with Gasteiger partial charge in [0, 0.05) is 11.9 Å². The van der Waals surface area contributed by atoms with Crippen molar-refractivity contribution in [2.24, 2.45) is 0 Å². The van der Waals surface area contributed by atoms with E-state index in [1.165, 1.54) is 6.20 Å². The van der Waals surface area contributed by atoms with E-state index in [-0.39, 0.29) is 5.57 Å². The van der Waals surface area contributed by atoms with E-state index >= 15 is 0 Å². The van der Waals surface area contributed by atoms with Gasteiger partial charge in [-0.05, 0) is 49.2 Å². The summed E-state index contributed by atoms with van der Waals surface area (Å²) in [7, 11) is 0. The monoisotopic (exact) mass is 316 g/mol. The van der Waals surface area contributed by atoms with Crippen LogP contribution in [0.5, 0.6) is 0 Å². The topological polar surface area (TPSA) is 88.7 Å². The molecule has 0 saturated carbocycles. The van der Waals surface area contributed by atoms with E-state index < -0.39 is 5.91 Å². The quantitative estimate of drug-likeness (QED) is 0.666. The molecule has 0 aliphatic carbocycles. The maximum absolute atomic E-state index is 12.2. The van der Waals surface area contributed by atoms with Crippen LogP contribution in [0.3, 0.4) is 0 Å². The lowest BCUT2D eigenvalue weighted by molar-refractivity contribution is -0.112. The molecule has 0 unspecified atom stereocenters. The molecular formula is C19H16N4O. The third-order valence-electron chi connectivity index (χ3n) is 3.55. The van der Waals surface area contributed by atoms with Gasteiger partial charge in [0.25, 0.3) is 5.91 Å². The molecule has 0 bridgehead atoms. The van der Waals surface area contributed by atoms with Crippen molar-refractivity contribution < 1.29 is 4.79 Å². The highest BCUT2D eigenvalue weighted by molar-refractivity contribution is 6.07. The van der Waals surface area contributed by atoms with Gasteiger partial charge in [-0.3, -0.25) is 4.79 Å². The number of hydrogen-bond acceptors (Lipinski definition) is 4. The van der Waals surface area contributed by atoms with Gasteiger partial charge in [0.2, 0.25) is 0 Å². The zero-order chi connectivity index (χ0) is 17.5. The minimum absolute atomic E-state index is 0.0824. The van der Waals surface area contributed by atoms with Gasteiger partial charge >= 0.3 is 0 Å². The van der Waals surface area contributed by atoms with E-state index in [9.17, 15) is 10.1 Å². The number of benzene rings is 2. The summed E-state index contributed by atoms with van der Waals surface area (Å²) in [6, 6.07) is 16.2. The Morgan fingerprint density at radius 1 is 1.08 bits per heavy atom. The summed E-state index contributed by atoms with van der Waals surface area (Å²) in [6.07, 6.45) is 1.36. The molecule has 1 amide bonds. The average Bonchev–Trinajstić information content (AvgIpc) is 2.59. The highest BCUT2D eigenvalue weighted by Crippen LogP contribution is 2.16. The van der Waals surface area contributed by atoms with Crippen LogP contribution in [0.15, 0.2) is 54.2 Å². The number of nitrogens with one attached hydrogen (secondary N) is 2. The van der Waals surface area contributed by atoms with Gasteiger partial charge in [-0.25, -0.2) is 0 Å². The van der Waals surface area contributed by atoms with Crippen molar-refractivity contribution >= 4 is 17.3 Å². The van der Waals surface area contributed by atoms with Crippen LogP contribution in [0.25, 0.3) is 0 Å². The predicted molar refractivity (Wildman–Crippen MR) is 93.0 cm³/mol. The SMILES string of the molecule is Cc1ccc(N/C=C(/C#N)C(=O)Nc2ccccc2C#N)cc1C. The van der Waals surface area contributed by atoms with Crippen LogP contribution in [0.1, 0.15) is 16.7 Å². The van der Waals surface area contributed by atoms with Crippen molar-refractivity contribution in [1.82, 2.24) is 0 Å². The normalized spacial score (nSPS) is 10.4. The summed E-state index contributed by atoms with van der Waals surface area (Å²) < 4.78 is 0. The molecule has 0 saturated heterocycles. The van der Waals surface area contributed by atoms with Crippen molar-refractivity contribution in [2.75, 3.05) is 10.6 Å². The van der Waals surface area contributed by atoms with Crippen LogP contribution < -0.4 is 10.6 Å². The van der Waals surface area contributed by atoms with Crippen molar-refractivity contribution in [3.63, 3.8) is 0 Å². The predicted octanol–water partition coefficient (Wildman–Crippen LogP) is 3.63. The molecule has 0 atom stereocenters. The Balaban J connectivity index is 2.15.